The van der Waals surface area contributed by atoms with Gasteiger partial charge in [-0.1, -0.05) is 18.2 Å². The minimum atomic E-state index is -0.282. The molecule has 0 saturated heterocycles. The van der Waals surface area contributed by atoms with E-state index in [0.29, 0.717) is 5.56 Å². The third kappa shape index (κ3) is 1.48. The van der Waals surface area contributed by atoms with Gasteiger partial charge in [-0.05, 0) is 35.4 Å². The molecule has 0 radical (unpaired) electrons. The van der Waals surface area contributed by atoms with E-state index in [1.807, 2.05) is 6.07 Å². The summed E-state index contributed by atoms with van der Waals surface area (Å²) in [5, 5.41) is 9.57. The molecule has 132 valence electrons. The van der Waals surface area contributed by atoms with Crippen molar-refractivity contribution in [3.8, 4) is 6.07 Å². The smallest absolute Gasteiger partial charge is 0.123 e. The number of anilines is 2. The number of likely N-dealkylation sites (N-methyl/N-ethyl adjacent to an activating group) is 2. The van der Waals surface area contributed by atoms with Gasteiger partial charge in [-0.25, -0.2) is 0 Å². The third-order valence-corrected chi connectivity index (χ3v) is 6.52. The summed E-state index contributed by atoms with van der Waals surface area (Å²) in [4.78, 5) is 9.35. The maximum Gasteiger partial charge on any atom is 0.123 e. The molecule has 4 aliphatic heterocycles. The van der Waals surface area contributed by atoms with Gasteiger partial charge in [0.25, 0.3) is 0 Å². The Balaban J connectivity index is 1.74. The van der Waals surface area contributed by atoms with E-state index in [1.165, 1.54) is 22.5 Å². The fraction of sp³-hybridized carbons (Fsp3) is 0.227. The average molecular weight is 353 g/mol. The molecule has 2 aromatic rings. The summed E-state index contributed by atoms with van der Waals surface area (Å²) in [5.74, 6) is 0. The molecule has 0 aliphatic carbocycles. The Kier molecular flexibility index (Phi) is 2.54. The van der Waals surface area contributed by atoms with Gasteiger partial charge < -0.3 is 19.6 Å². The molecule has 2 aromatic carbocycles. The van der Waals surface area contributed by atoms with Crippen LogP contribution in [0.5, 0.6) is 0 Å². The van der Waals surface area contributed by atoms with Gasteiger partial charge in [-0.3, -0.25) is 0 Å². The number of fused-ring (bicyclic) bond motifs is 10. The molecule has 1 spiro atoms. The van der Waals surface area contributed by atoms with Crippen molar-refractivity contribution in [1.82, 2.24) is 9.80 Å². The topological polar surface area (TPSA) is 36.8 Å². The first-order valence-corrected chi connectivity index (χ1v) is 9.19. The molecule has 6 rings (SSSR count). The minimum Gasteiger partial charge on any atom is -0.358 e. The zero-order chi connectivity index (χ0) is 18.3. The lowest BCUT2D eigenvalue weighted by Crippen LogP contribution is -2.59. The molecule has 3 unspecified atom stereocenters. The molecular weight excluding hydrogens is 334 g/mol. The molecule has 4 heterocycles. The first kappa shape index (κ1) is 14.7. The first-order valence-electron chi connectivity index (χ1n) is 9.19. The highest BCUT2D eigenvalue weighted by Crippen LogP contribution is 2.61. The number of para-hydroxylation sites is 1. The molecule has 5 nitrogen and oxygen atoms in total. The second-order valence-electron chi connectivity index (χ2n) is 7.72. The summed E-state index contributed by atoms with van der Waals surface area (Å²) in [6.07, 6.45) is 8.93. The van der Waals surface area contributed by atoms with Crippen LogP contribution in [0.4, 0.5) is 11.4 Å². The number of hydrogen-bond donors (Lipinski definition) is 0. The Morgan fingerprint density at radius 2 is 1.44 bits per heavy atom. The highest BCUT2D eigenvalue weighted by molar-refractivity contribution is 5.80. The Hall–Kier alpha value is -3.39. The molecule has 0 N–H and O–H groups in total. The Bertz CT molecular complexity index is 1070. The van der Waals surface area contributed by atoms with Crippen molar-refractivity contribution >= 4 is 11.4 Å². The molecule has 0 fully saturated rings. The quantitative estimate of drug-likeness (QED) is 0.728. The maximum atomic E-state index is 9.57. The average Bonchev–Trinajstić information content (AvgIpc) is 3.40. The largest absolute Gasteiger partial charge is 0.358 e. The van der Waals surface area contributed by atoms with Crippen LogP contribution >= 0.6 is 0 Å². The molecule has 0 bridgehead atoms. The molecule has 3 atom stereocenters. The van der Waals surface area contributed by atoms with Crippen LogP contribution in [-0.4, -0.2) is 36.2 Å². The monoisotopic (exact) mass is 353 g/mol. The van der Waals surface area contributed by atoms with Crippen molar-refractivity contribution in [2.24, 2.45) is 0 Å². The van der Waals surface area contributed by atoms with Crippen LogP contribution in [0, 0.1) is 11.3 Å². The van der Waals surface area contributed by atoms with E-state index in [4.69, 9.17) is 0 Å². The normalized spacial score (nSPS) is 28.6. The van der Waals surface area contributed by atoms with E-state index in [9.17, 15) is 5.26 Å². The summed E-state index contributed by atoms with van der Waals surface area (Å²) in [5.41, 5.74) is 5.43. The van der Waals surface area contributed by atoms with E-state index >= 15 is 0 Å². The van der Waals surface area contributed by atoms with Crippen LogP contribution in [0.15, 0.2) is 67.3 Å². The van der Waals surface area contributed by atoms with Crippen molar-refractivity contribution in [3.05, 3.63) is 84.0 Å². The van der Waals surface area contributed by atoms with E-state index in [2.05, 4.69) is 101 Å². The van der Waals surface area contributed by atoms with Crippen LogP contribution in [0.2, 0.25) is 0 Å². The highest BCUT2D eigenvalue weighted by Gasteiger charge is 2.66. The lowest BCUT2D eigenvalue weighted by Gasteiger charge is -2.44. The third-order valence-electron chi connectivity index (χ3n) is 6.52. The van der Waals surface area contributed by atoms with Crippen LogP contribution < -0.4 is 9.80 Å². The fourth-order valence-corrected chi connectivity index (χ4v) is 5.62. The molecule has 0 amide bonds. The van der Waals surface area contributed by atoms with Gasteiger partial charge in [0.2, 0.25) is 0 Å². The predicted molar refractivity (Wildman–Crippen MR) is 105 cm³/mol. The standard InChI is InChI=1S/C22H19N5/c1-24-9-11-26-18-6-4-3-5-16(18)22(20(24)26)17-13-15(14-23)7-8-19(17)27-12-10-25(2)21(22)27/h3-13,20-21H,1-2H3. The van der Waals surface area contributed by atoms with Crippen molar-refractivity contribution in [2.45, 2.75) is 17.7 Å². The molecule has 0 aromatic heterocycles. The lowest BCUT2D eigenvalue weighted by molar-refractivity contribution is 0.177. The van der Waals surface area contributed by atoms with Gasteiger partial charge in [-0.2, -0.15) is 5.26 Å². The van der Waals surface area contributed by atoms with E-state index in [0.717, 1.165) is 0 Å². The van der Waals surface area contributed by atoms with Crippen molar-refractivity contribution in [2.75, 3.05) is 23.9 Å². The number of rotatable bonds is 0. The second kappa shape index (κ2) is 4.66. The fourth-order valence-electron chi connectivity index (χ4n) is 5.62. The molecule has 4 aliphatic rings. The van der Waals surface area contributed by atoms with Crippen molar-refractivity contribution < 1.29 is 0 Å². The molecule has 5 heteroatoms. The number of hydrogen-bond acceptors (Lipinski definition) is 5. The van der Waals surface area contributed by atoms with Crippen molar-refractivity contribution in [1.29, 1.82) is 5.26 Å². The van der Waals surface area contributed by atoms with Gasteiger partial charge in [0.05, 0.1) is 11.6 Å². The summed E-state index contributed by atoms with van der Waals surface area (Å²) in [7, 11) is 4.29. The highest BCUT2D eigenvalue weighted by atomic mass is 15.5. The molecule has 27 heavy (non-hydrogen) atoms. The SMILES string of the molecule is CN1C=CN2c3ccccc3C3(c4cc(C#N)ccc4N4C=CN(C)C43)C12. The molecule has 0 saturated carbocycles. The van der Waals surface area contributed by atoms with Gasteiger partial charge in [0, 0.05) is 50.3 Å². The van der Waals surface area contributed by atoms with Gasteiger partial charge in [0.15, 0.2) is 0 Å². The Morgan fingerprint density at radius 1 is 0.815 bits per heavy atom. The summed E-state index contributed by atoms with van der Waals surface area (Å²) in [6, 6.07) is 17.2. The van der Waals surface area contributed by atoms with Gasteiger partial charge in [0.1, 0.15) is 17.7 Å². The first-order chi connectivity index (χ1) is 13.2. The second-order valence-corrected chi connectivity index (χ2v) is 7.72. The van der Waals surface area contributed by atoms with E-state index in [-0.39, 0.29) is 17.7 Å². The van der Waals surface area contributed by atoms with Crippen LogP contribution in [0.1, 0.15) is 16.7 Å². The molecular formula is C22H19N5. The number of benzene rings is 2. The summed E-state index contributed by atoms with van der Waals surface area (Å²) < 4.78 is 0. The van der Waals surface area contributed by atoms with Crippen LogP contribution in [0.25, 0.3) is 0 Å². The van der Waals surface area contributed by atoms with Gasteiger partial charge >= 0.3 is 0 Å². The number of nitrogens with zero attached hydrogens (tertiary/aromatic N) is 5. The van der Waals surface area contributed by atoms with Gasteiger partial charge in [-0.15, -0.1) is 0 Å². The Morgan fingerprint density at radius 3 is 2.11 bits per heavy atom. The predicted octanol–water partition coefficient (Wildman–Crippen LogP) is 2.97. The summed E-state index contributed by atoms with van der Waals surface area (Å²) in [6.45, 7) is 0. The van der Waals surface area contributed by atoms with Crippen molar-refractivity contribution in [3.63, 3.8) is 0 Å². The summed E-state index contributed by atoms with van der Waals surface area (Å²) >= 11 is 0. The number of nitriles is 1. The Labute approximate surface area is 158 Å². The van der Waals surface area contributed by atoms with Crippen LogP contribution in [-0.2, 0) is 5.41 Å². The van der Waals surface area contributed by atoms with E-state index < -0.39 is 0 Å². The zero-order valence-corrected chi connectivity index (χ0v) is 15.2. The maximum absolute atomic E-state index is 9.57. The van der Waals surface area contributed by atoms with E-state index in [1.54, 1.807) is 0 Å². The zero-order valence-electron chi connectivity index (χ0n) is 15.2. The van der Waals surface area contributed by atoms with Crippen LogP contribution in [0.3, 0.4) is 0 Å². The minimum absolute atomic E-state index is 0.139. The lowest BCUT2D eigenvalue weighted by atomic mass is 9.72.